The van der Waals surface area contributed by atoms with Gasteiger partial charge in [0.05, 0.1) is 5.56 Å². The fourth-order valence-electron chi connectivity index (χ4n) is 2.14. The summed E-state index contributed by atoms with van der Waals surface area (Å²) in [6.07, 6.45) is 10.7. The molecule has 0 amide bonds. The average molecular weight is 253 g/mol. The quantitative estimate of drug-likeness (QED) is 0.755. The average Bonchev–Trinajstić information content (AvgIpc) is 3.24. The molecule has 98 valence electrons. The minimum Gasteiger partial charge on any atom is -0.302 e. The molecule has 1 aromatic heterocycles. The van der Waals surface area contributed by atoms with Gasteiger partial charge in [0.25, 0.3) is 0 Å². The van der Waals surface area contributed by atoms with Crippen molar-refractivity contribution < 1.29 is 0 Å². The van der Waals surface area contributed by atoms with E-state index in [0.717, 1.165) is 43.2 Å². The van der Waals surface area contributed by atoms with Crippen LogP contribution in [-0.2, 0) is 6.42 Å². The van der Waals surface area contributed by atoms with Gasteiger partial charge in [0, 0.05) is 37.5 Å². The first-order chi connectivity index (χ1) is 9.29. The third-order valence-corrected chi connectivity index (χ3v) is 3.65. The smallest absolute Gasteiger partial charge is 0.128 e. The molecule has 0 atom stereocenters. The van der Waals surface area contributed by atoms with Crippen molar-refractivity contribution in [2.24, 2.45) is 5.92 Å². The lowest BCUT2D eigenvalue weighted by atomic mass is 10.1. The van der Waals surface area contributed by atoms with Crippen LogP contribution in [0.2, 0.25) is 0 Å². The number of hydrogen-bond donors (Lipinski definition) is 0. The minimum atomic E-state index is 0.835. The predicted molar refractivity (Wildman–Crippen MR) is 75.5 cm³/mol. The highest BCUT2D eigenvalue weighted by atomic mass is 15.1. The zero-order valence-corrected chi connectivity index (χ0v) is 11.4. The zero-order chi connectivity index (χ0) is 13.1. The van der Waals surface area contributed by atoms with Crippen LogP contribution < -0.4 is 0 Å². The van der Waals surface area contributed by atoms with Gasteiger partial charge < -0.3 is 4.90 Å². The normalized spacial score (nSPS) is 19.5. The molecule has 0 spiro atoms. The second kappa shape index (κ2) is 5.54. The van der Waals surface area contributed by atoms with Crippen molar-refractivity contribution in [2.45, 2.75) is 25.7 Å². The molecule has 3 rings (SSSR count). The van der Waals surface area contributed by atoms with Crippen molar-refractivity contribution in [1.82, 2.24) is 14.9 Å². The van der Waals surface area contributed by atoms with Crippen LogP contribution in [0.25, 0.3) is 0 Å². The van der Waals surface area contributed by atoms with E-state index in [1.165, 1.54) is 18.4 Å². The molecule has 0 radical (unpaired) electrons. The van der Waals surface area contributed by atoms with E-state index in [2.05, 4.69) is 39.8 Å². The molecular weight excluding hydrogens is 234 g/mol. The number of aromatic nitrogens is 2. The molecule has 1 aromatic rings. The Labute approximate surface area is 114 Å². The van der Waals surface area contributed by atoms with Crippen molar-refractivity contribution in [3.05, 3.63) is 35.4 Å². The third-order valence-electron chi connectivity index (χ3n) is 3.65. The largest absolute Gasteiger partial charge is 0.302 e. The molecule has 0 aromatic carbocycles. The fourth-order valence-corrected chi connectivity index (χ4v) is 2.14. The first-order valence-corrected chi connectivity index (χ1v) is 7.00. The van der Waals surface area contributed by atoms with E-state index >= 15 is 0 Å². The van der Waals surface area contributed by atoms with Crippen LogP contribution in [0.5, 0.6) is 0 Å². The summed E-state index contributed by atoms with van der Waals surface area (Å²) in [4.78, 5) is 11.1. The summed E-state index contributed by atoms with van der Waals surface area (Å²) in [6.45, 7) is 2.10. The molecule has 2 aliphatic rings. The maximum Gasteiger partial charge on any atom is 0.128 e. The Morgan fingerprint density at radius 1 is 1.26 bits per heavy atom. The van der Waals surface area contributed by atoms with Gasteiger partial charge in [-0.05, 0) is 32.2 Å². The van der Waals surface area contributed by atoms with Crippen molar-refractivity contribution in [3.8, 4) is 11.8 Å². The molecule has 0 N–H and O–H groups in total. The standard InChI is InChI=1S/C16H19N3/c1-19-8-6-13(7-9-19)2-5-15-11-17-16(18-12-15)10-14-3-4-14/h6,11-12,14H,3-4,7-10H2,1H3. The molecule has 0 saturated heterocycles. The summed E-state index contributed by atoms with van der Waals surface area (Å²) >= 11 is 0. The summed E-state index contributed by atoms with van der Waals surface area (Å²) < 4.78 is 0. The van der Waals surface area contributed by atoms with E-state index in [1.54, 1.807) is 0 Å². The van der Waals surface area contributed by atoms with Crippen LogP contribution in [0.15, 0.2) is 24.0 Å². The highest BCUT2D eigenvalue weighted by molar-refractivity contribution is 5.39. The third kappa shape index (κ3) is 3.65. The van der Waals surface area contributed by atoms with Crippen molar-refractivity contribution in [3.63, 3.8) is 0 Å². The molecule has 0 bridgehead atoms. The van der Waals surface area contributed by atoms with E-state index in [0.29, 0.717) is 0 Å². The molecule has 1 saturated carbocycles. The highest BCUT2D eigenvalue weighted by Crippen LogP contribution is 2.31. The second-order valence-corrected chi connectivity index (χ2v) is 5.53. The summed E-state index contributed by atoms with van der Waals surface area (Å²) in [7, 11) is 2.13. The minimum absolute atomic E-state index is 0.835. The van der Waals surface area contributed by atoms with E-state index in [4.69, 9.17) is 0 Å². The number of nitrogens with zero attached hydrogens (tertiary/aromatic N) is 3. The Bertz CT molecular complexity index is 529. The Morgan fingerprint density at radius 2 is 2.05 bits per heavy atom. The zero-order valence-electron chi connectivity index (χ0n) is 11.4. The fraction of sp³-hybridized carbons (Fsp3) is 0.500. The molecule has 1 aliphatic heterocycles. The van der Waals surface area contributed by atoms with Gasteiger partial charge in [-0.15, -0.1) is 0 Å². The van der Waals surface area contributed by atoms with Gasteiger partial charge in [-0.3, -0.25) is 0 Å². The molecule has 1 fully saturated rings. The summed E-state index contributed by atoms with van der Waals surface area (Å²) in [5.74, 6) is 8.20. The second-order valence-electron chi connectivity index (χ2n) is 5.53. The molecule has 0 unspecified atom stereocenters. The molecule has 3 heteroatoms. The van der Waals surface area contributed by atoms with Gasteiger partial charge in [-0.25, -0.2) is 9.97 Å². The van der Waals surface area contributed by atoms with Gasteiger partial charge in [-0.1, -0.05) is 17.9 Å². The van der Waals surface area contributed by atoms with Crippen LogP contribution in [0.4, 0.5) is 0 Å². The molecule has 3 nitrogen and oxygen atoms in total. The summed E-state index contributed by atoms with van der Waals surface area (Å²) in [6, 6.07) is 0. The van der Waals surface area contributed by atoms with E-state index in [9.17, 15) is 0 Å². The number of rotatable bonds is 2. The summed E-state index contributed by atoms with van der Waals surface area (Å²) in [5.41, 5.74) is 2.15. The van der Waals surface area contributed by atoms with Gasteiger partial charge in [0.15, 0.2) is 0 Å². The maximum absolute atomic E-state index is 4.39. The lowest BCUT2D eigenvalue weighted by molar-refractivity contribution is 0.362. The topological polar surface area (TPSA) is 29.0 Å². The van der Waals surface area contributed by atoms with E-state index in [-0.39, 0.29) is 0 Å². The highest BCUT2D eigenvalue weighted by Gasteiger charge is 2.22. The molecule has 19 heavy (non-hydrogen) atoms. The SMILES string of the molecule is CN1CC=C(C#Cc2cnc(CC3CC3)nc2)CC1. The molecule has 1 aliphatic carbocycles. The summed E-state index contributed by atoms with van der Waals surface area (Å²) in [5, 5.41) is 0. The number of hydrogen-bond acceptors (Lipinski definition) is 3. The van der Waals surface area contributed by atoms with Gasteiger partial charge >= 0.3 is 0 Å². The Kier molecular flexibility index (Phi) is 3.61. The molecular formula is C16H19N3. The van der Waals surface area contributed by atoms with E-state index < -0.39 is 0 Å². The van der Waals surface area contributed by atoms with Crippen LogP contribution >= 0.6 is 0 Å². The Morgan fingerprint density at radius 3 is 2.68 bits per heavy atom. The first kappa shape index (κ1) is 12.4. The molecule has 2 heterocycles. The van der Waals surface area contributed by atoms with Gasteiger partial charge in [0.2, 0.25) is 0 Å². The van der Waals surface area contributed by atoms with Gasteiger partial charge in [0.1, 0.15) is 5.82 Å². The first-order valence-electron chi connectivity index (χ1n) is 7.00. The monoisotopic (exact) mass is 253 g/mol. The van der Waals surface area contributed by atoms with Crippen molar-refractivity contribution in [1.29, 1.82) is 0 Å². The lowest BCUT2D eigenvalue weighted by Gasteiger charge is -2.18. The van der Waals surface area contributed by atoms with Crippen LogP contribution in [0.1, 0.15) is 30.7 Å². The van der Waals surface area contributed by atoms with Crippen molar-refractivity contribution >= 4 is 0 Å². The number of likely N-dealkylation sites (N-methyl/N-ethyl adjacent to an activating group) is 1. The van der Waals surface area contributed by atoms with E-state index in [1.807, 2.05) is 12.4 Å². The lowest BCUT2D eigenvalue weighted by Crippen LogP contribution is -2.23. The van der Waals surface area contributed by atoms with Crippen LogP contribution in [0, 0.1) is 17.8 Å². The Balaban J connectivity index is 1.63. The predicted octanol–water partition coefficient (Wildman–Crippen LogP) is 2.04. The Hall–Kier alpha value is -1.66. The van der Waals surface area contributed by atoms with Crippen LogP contribution in [0.3, 0.4) is 0 Å². The van der Waals surface area contributed by atoms with Crippen LogP contribution in [-0.4, -0.2) is 35.0 Å². The maximum atomic E-state index is 4.39. The van der Waals surface area contributed by atoms with Crippen molar-refractivity contribution in [2.75, 3.05) is 20.1 Å². The van der Waals surface area contributed by atoms with Gasteiger partial charge in [-0.2, -0.15) is 0 Å².